The summed E-state index contributed by atoms with van der Waals surface area (Å²) in [6, 6.07) is 8.71. The molecule has 1 fully saturated rings. The Morgan fingerprint density at radius 1 is 1.23 bits per heavy atom. The average Bonchev–Trinajstić information content (AvgIpc) is 3.41. The Kier molecular flexibility index (Phi) is 5.81. The minimum Gasteiger partial charge on any atom is -0.447 e. The Labute approximate surface area is 179 Å². The SMILES string of the molecule is CCc1ccc(-c2noc([C@H](C)Nc3nccc(N4C(=O)OCC4[C@@H](C)O)n3)n2)cc1. The average molecular weight is 424 g/mol. The number of ether oxygens (including phenoxy) is 1. The highest BCUT2D eigenvalue weighted by Crippen LogP contribution is 2.25. The summed E-state index contributed by atoms with van der Waals surface area (Å²) in [5, 5.41) is 17.1. The number of amides is 1. The van der Waals surface area contributed by atoms with Gasteiger partial charge in [-0.1, -0.05) is 36.3 Å². The second-order valence-corrected chi connectivity index (χ2v) is 7.37. The molecule has 1 unspecified atom stereocenters. The lowest BCUT2D eigenvalue weighted by Gasteiger charge is -2.22. The maximum absolute atomic E-state index is 12.1. The molecule has 162 valence electrons. The molecule has 0 saturated carbocycles. The predicted molar refractivity (Wildman–Crippen MR) is 112 cm³/mol. The number of hydrogen-bond donors (Lipinski definition) is 2. The number of nitrogens with one attached hydrogen (secondary N) is 1. The minimum atomic E-state index is -0.764. The molecule has 2 N–H and O–H groups in total. The molecule has 1 aliphatic rings. The van der Waals surface area contributed by atoms with E-state index in [0.717, 1.165) is 12.0 Å². The highest BCUT2D eigenvalue weighted by atomic mass is 16.6. The summed E-state index contributed by atoms with van der Waals surface area (Å²) in [6.07, 6.45) is 1.17. The van der Waals surface area contributed by atoms with E-state index < -0.39 is 18.2 Å². The first-order chi connectivity index (χ1) is 15.0. The van der Waals surface area contributed by atoms with Crippen LogP contribution in [0.5, 0.6) is 0 Å². The molecule has 0 radical (unpaired) electrons. The molecule has 3 atom stereocenters. The maximum Gasteiger partial charge on any atom is 0.416 e. The number of cyclic esters (lactones) is 1. The standard InChI is InChI=1S/C21H24N6O4/c1-4-14-5-7-15(8-6-14)18-25-19(31-26-18)12(2)23-20-22-10-9-17(24-20)27-16(13(3)28)11-30-21(27)29/h5-10,12-13,16,28H,4,11H2,1-3H3,(H,22,23,24)/t12-,13+,16?/m0/s1. The zero-order chi connectivity index (χ0) is 22.0. The van der Waals surface area contributed by atoms with Gasteiger partial charge in [-0.15, -0.1) is 0 Å². The van der Waals surface area contributed by atoms with Crippen LogP contribution < -0.4 is 10.2 Å². The van der Waals surface area contributed by atoms with Crippen molar-refractivity contribution in [2.75, 3.05) is 16.8 Å². The van der Waals surface area contributed by atoms with E-state index in [9.17, 15) is 9.90 Å². The normalized spacial score (nSPS) is 18.0. The molecule has 0 aliphatic carbocycles. The van der Waals surface area contributed by atoms with Gasteiger partial charge in [0.15, 0.2) is 0 Å². The zero-order valence-corrected chi connectivity index (χ0v) is 17.5. The largest absolute Gasteiger partial charge is 0.447 e. The van der Waals surface area contributed by atoms with E-state index in [1.807, 2.05) is 31.2 Å². The number of nitrogens with zero attached hydrogens (tertiary/aromatic N) is 5. The van der Waals surface area contributed by atoms with Gasteiger partial charge >= 0.3 is 6.09 Å². The van der Waals surface area contributed by atoms with Crippen molar-refractivity contribution in [1.82, 2.24) is 20.1 Å². The molecule has 31 heavy (non-hydrogen) atoms. The van der Waals surface area contributed by atoms with Crippen LogP contribution in [0.1, 0.15) is 38.3 Å². The quantitative estimate of drug-likeness (QED) is 0.588. The van der Waals surface area contributed by atoms with E-state index in [0.29, 0.717) is 17.5 Å². The van der Waals surface area contributed by atoms with Crippen molar-refractivity contribution in [2.24, 2.45) is 0 Å². The van der Waals surface area contributed by atoms with Crippen LogP contribution in [-0.4, -0.2) is 50.1 Å². The molecule has 4 rings (SSSR count). The summed E-state index contributed by atoms with van der Waals surface area (Å²) in [4.78, 5) is 26.5. The van der Waals surface area contributed by atoms with E-state index >= 15 is 0 Å². The Morgan fingerprint density at radius 3 is 2.71 bits per heavy atom. The number of aliphatic hydroxyl groups is 1. The first-order valence-electron chi connectivity index (χ1n) is 10.1. The van der Waals surface area contributed by atoms with Crippen LogP contribution in [0, 0.1) is 0 Å². The maximum atomic E-state index is 12.1. The number of aliphatic hydroxyl groups excluding tert-OH is 1. The third-order valence-electron chi connectivity index (χ3n) is 5.13. The molecule has 3 aromatic rings. The summed E-state index contributed by atoms with van der Waals surface area (Å²) in [5.41, 5.74) is 2.11. The molecule has 1 aromatic carbocycles. The number of rotatable bonds is 7. The van der Waals surface area contributed by atoms with Gasteiger partial charge in [0, 0.05) is 11.8 Å². The van der Waals surface area contributed by atoms with Crippen molar-refractivity contribution in [1.29, 1.82) is 0 Å². The van der Waals surface area contributed by atoms with E-state index in [-0.39, 0.29) is 18.6 Å². The van der Waals surface area contributed by atoms with Gasteiger partial charge in [0.1, 0.15) is 24.5 Å². The van der Waals surface area contributed by atoms with Gasteiger partial charge < -0.3 is 19.7 Å². The third kappa shape index (κ3) is 4.33. The summed E-state index contributed by atoms with van der Waals surface area (Å²) in [7, 11) is 0. The first-order valence-corrected chi connectivity index (χ1v) is 10.1. The topological polar surface area (TPSA) is 127 Å². The minimum absolute atomic E-state index is 0.101. The summed E-state index contributed by atoms with van der Waals surface area (Å²) in [6.45, 7) is 5.65. The summed E-state index contributed by atoms with van der Waals surface area (Å²) >= 11 is 0. The van der Waals surface area contributed by atoms with Crippen molar-refractivity contribution in [3.63, 3.8) is 0 Å². The van der Waals surface area contributed by atoms with Gasteiger partial charge in [0.25, 0.3) is 0 Å². The van der Waals surface area contributed by atoms with Crippen LogP contribution in [0.2, 0.25) is 0 Å². The lowest BCUT2D eigenvalue weighted by atomic mass is 10.1. The molecule has 10 heteroatoms. The lowest BCUT2D eigenvalue weighted by Crippen LogP contribution is -2.41. The molecule has 0 bridgehead atoms. The molecular formula is C21H24N6O4. The number of aromatic nitrogens is 4. The first kappa shape index (κ1) is 20.7. The fourth-order valence-electron chi connectivity index (χ4n) is 3.28. The second-order valence-electron chi connectivity index (χ2n) is 7.37. The van der Waals surface area contributed by atoms with Gasteiger partial charge in [-0.25, -0.2) is 9.78 Å². The van der Waals surface area contributed by atoms with Crippen LogP contribution in [0.15, 0.2) is 41.1 Å². The van der Waals surface area contributed by atoms with Crippen LogP contribution in [0.25, 0.3) is 11.4 Å². The van der Waals surface area contributed by atoms with Crippen molar-refractivity contribution in [3.8, 4) is 11.4 Å². The molecule has 3 heterocycles. The van der Waals surface area contributed by atoms with Crippen LogP contribution in [0.4, 0.5) is 16.6 Å². The van der Waals surface area contributed by atoms with Crippen LogP contribution in [-0.2, 0) is 11.2 Å². The highest BCUT2D eigenvalue weighted by Gasteiger charge is 2.38. The van der Waals surface area contributed by atoms with Gasteiger partial charge in [0.2, 0.25) is 17.7 Å². The molecule has 10 nitrogen and oxygen atoms in total. The lowest BCUT2D eigenvalue weighted by molar-refractivity contribution is 0.142. The number of carbonyl (C=O) groups excluding carboxylic acids is 1. The van der Waals surface area contributed by atoms with Gasteiger partial charge in [-0.2, -0.15) is 9.97 Å². The van der Waals surface area contributed by atoms with Crippen LogP contribution in [0.3, 0.4) is 0 Å². The molecule has 1 saturated heterocycles. The zero-order valence-electron chi connectivity index (χ0n) is 17.5. The van der Waals surface area contributed by atoms with Crippen molar-refractivity contribution in [2.45, 2.75) is 45.4 Å². The smallest absolute Gasteiger partial charge is 0.416 e. The Balaban J connectivity index is 1.49. The predicted octanol–water partition coefficient (Wildman–Crippen LogP) is 2.97. The van der Waals surface area contributed by atoms with E-state index in [1.54, 1.807) is 13.0 Å². The molecule has 0 spiro atoms. The van der Waals surface area contributed by atoms with Gasteiger partial charge in [0.05, 0.1) is 6.10 Å². The van der Waals surface area contributed by atoms with E-state index in [1.165, 1.54) is 16.7 Å². The third-order valence-corrected chi connectivity index (χ3v) is 5.13. The fourth-order valence-corrected chi connectivity index (χ4v) is 3.28. The number of hydrogen-bond acceptors (Lipinski definition) is 9. The van der Waals surface area contributed by atoms with Crippen molar-refractivity contribution < 1.29 is 19.2 Å². The van der Waals surface area contributed by atoms with Crippen molar-refractivity contribution in [3.05, 3.63) is 48.0 Å². The van der Waals surface area contributed by atoms with E-state index in [4.69, 9.17) is 9.26 Å². The fraction of sp³-hybridized carbons (Fsp3) is 0.381. The van der Waals surface area contributed by atoms with Gasteiger partial charge in [-0.05, 0) is 31.9 Å². The Hall–Kier alpha value is -3.53. The number of carbonyl (C=O) groups is 1. The number of benzene rings is 1. The van der Waals surface area contributed by atoms with E-state index in [2.05, 4.69) is 32.3 Å². The molecule has 1 amide bonds. The molecular weight excluding hydrogens is 400 g/mol. The Morgan fingerprint density at radius 2 is 2.00 bits per heavy atom. The summed E-state index contributed by atoms with van der Waals surface area (Å²) < 4.78 is 10.5. The second kappa shape index (κ2) is 8.68. The highest BCUT2D eigenvalue weighted by molar-refractivity contribution is 5.89. The van der Waals surface area contributed by atoms with Crippen molar-refractivity contribution >= 4 is 17.9 Å². The monoisotopic (exact) mass is 424 g/mol. The number of anilines is 2. The van der Waals surface area contributed by atoms with Gasteiger partial charge in [-0.3, -0.25) is 4.90 Å². The summed E-state index contributed by atoms with van der Waals surface area (Å²) in [5.74, 6) is 1.49. The number of aryl methyl sites for hydroxylation is 1. The molecule has 2 aromatic heterocycles. The van der Waals surface area contributed by atoms with Crippen LogP contribution >= 0.6 is 0 Å². The Bertz CT molecular complexity index is 1050. The molecule has 1 aliphatic heterocycles.